The van der Waals surface area contributed by atoms with Gasteiger partial charge in [-0.15, -0.1) is 0 Å². The zero-order valence-corrected chi connectivity index (χ0v) is 36.3. The van der Waals surface area contributed by atoms with E-state index in [4.69, 9.17) is 0 Å². The molecule has 0 atom stereocenters. The van der Waals surface area contributed by atoms with Crippen LogP contribution in [0.25, 0.3) is 76.5 Å². The van der Waals surface area contributed by atoms with E-state index in [0.29, 0.717) is 0 Å². The summed E-state index contributed by atoms with van der Waals surface area (Å²) in [5, 5.41) is 9.66. The van der Waals surface area contributed by atoms with Crippen molar-refractivity contribution in [1.82, 2.24) is 0 Å². The van der Waals surface area contributed by atoms with Crippen molar-refractivity contribution in [3.63, 3.8) is 0 Å². The van der Waals surface area contributed by atoms with Crippen LogP contribution in [-0.2, 0) is 0 Å². The lowest BCUT2D eigenvalue weighted by Crippen LogP contribution is -2.10. The highest BCUT2D eigenvalue weighted by atomic mass is 15.1. The van der Waals surface area contributed by atoms with Crippen molar-refractivity contribution in [3.05, 3.63) is 267 Å². The summed E-state index contributed by atoms with van der Waals surface area (Å²) < 4.78 is 0. The average molecular weight is 841 g/mol. The van der Waals surface area contributed by atoms with E-state index in [1.54, 1.807) is 0 Å². The van der Waals surface area contributed by atoms with Crippen LogP contribution in [0.4, 0.5) is 34.1 Å². The maximum absolute atomic E-state index is 2.42. The minimum atomic E-state index is 1.09. The highest BCUT2D eigenvalue weighted by molar-refractivity contribution is 6.23. The molecule has 66 heavy (non-hydrogen) atoms. The van der Waals surface area contributed by atoms with Crippen LogP contribution < -0.4 is 9.80 Å². The highest BCUT2D eigenvalue weighted by Gasteiger charge is 2.22. The SMILES string of the molecule is c1ccc(-c2c3ccc(N(c4ccccc4)c4ccccc4)cc3c(-c3cccc(-c4cccc5ccccc45)c3)c3ccc(N(c4ccccc4)c4ccc5ccccc5c4)cc23)cc1. The lowest BCUT2D eigenvalue weighted by molar-refractivity contribution is 1.29. The quantitative estimate of drug-likeness (QED) is 0.134. The third-order valence-electron chi connectivity index (χ3n) is 12.9. The Morgan fingerprint density at radius 3 is 1.24 bits per heavy atom. The zero-order valence-electron chi connectivity index (χ0n) is 36.3. The molecule has 12 aromatic carbocycles. The molecule has 0 unspecified atom stereocenters. The Hall–Kier alpha value is -8.72. The van der Waals surface area contributed by atoms with Crippen LogP contribution >= 0.6 is 0 Å². The number of rotatable bonds is 9. The van der Waals surface area contributed by atoms with Gasteiger partial charge in [0, 0.05) is 34.1 Å². The Bertz CT molecular complexity index is 3650. The molecule has 0 amide bonds. The molecule has 0 aromatic heterocycles. The smallest absolute Gasteiger partial charge is 0.0468 e. The number of hydrogen-bond acceptors (Lipinski definition) is 2. The van der Waals surface area contributed by atoms with Gasteiger partial charge in [-0.2, -0.15) is 0 Å². The van der Waals surface area contributed by atoms with Crippen molar-refractivity contribution >= 4 is 77.2 Å². The molecule has 0 heterocycles. The Morgan fingerprint density at radius 1 is 0.197 bits per heavy atom. The highest BCUT2D eigenvalue weighted by Crippen LogP contribution is 2.49. The third-order valence-corrected chi connectivity index (χ3v) is 12.9. The molecule has 0 saturated heterocycles. The van der Waals surface area contributed by atoms with E-state index in [2.05, 4.69) is 277 Å². The standard InChI is InChI=1S/C64H44N2/c1-5-21-47(22-6-1)63-59-39-37-55(65(51-27-7-2-8-28-51)52-29-9-3-10-30-52)43-62(59)64(50-26-17-25-49(41-50)58-34-18-24-46-20-15-16-33-57(46)58)60-40-38-56(44-61(60)63)66(53-31-11-4-12-32-53)54-36-35-45-19-13-14-23-48(45)42-54/h1-44H. The summed E-state index contributed by atoms with van der Waals surface area (Å²) >= 11 is 0. The van der Waals surface area contributed by atoms with Crippen LogP contribution in [0, 0.1) is 0 Å². The molecule has 0 aliphatic carbocycles. The van der Waals surface area contributed by atoms with Crippen molar-refractivity contribution < 1.29 is 0 Å². The van der Waals surface area contributed by atoms with Gasteiger partial charge in [0.15, 0.2) is 0 Å². The monoisotopic (exact) mass is 840 g/mol. The molecule has 0 fully saturated rings. The van der Waals surface area contributed by atoms with Gasteiger partial charge >= 0.3 is 0 Å². The fourth-order valence-electron chi connectivity index (χ4n) is 9.97. The first-order valence-electron chi connectivity index (χ1n) is 22.7. The summed E-state index contributed by atoms with van der Waals surface area (Å²) in [6, 6.07) is 97.2. The summed E-state index contributed by atoms with van der Waals surface area (Å²) in [6.07, 6.45) is 0. The molecule has 0 radical (unpaired) electrons. The second-order valence-corrected chi connectivity index (χ2v) is 16.9. The topological polar surface area (TPSA) is 6.48 Å². The molecule has 12 rings (SSSR count). The summed E-state index contributed by atoms with van der Waals surface area (Å²) in [5.74, 6) is 0. The molecule has 0 aliphatic rings. The van der Waals surface area contributed by atoms with Crippen LogP contribution in [0.5, 0.6) is 0 Å². The third kappa shape index (κ3) is 7.02. The molecular formula is C64H44N2. The van der Waals surface area contributed by atoms with Crippen molar-refractivity contribution in [2.75, 3.05) is 9.80 Å². The average Bonchev–Trinajstić information content (AvgIpc) is 3.39. The maximum atomic E-state index is 2.42. The number of hydrogen-bond donors (Lipinski definition) is 0. The summed E-state index contributed by atoms with van der Waals surface area (Å²) in [4.78, 5) is 4.76. The normalized spacial score (nSPS) is 11.3. The fourth-order valence-corrected chi connectivity index (χ4v) is 9.97. The molecule has 0 saturated carbocycles. The lowest BCUT2D eigenvalue weighted by Gasteiger charge is -2.28. The van der Waals surface area contributed by atoms with Gasteiger partial charge in [-0.3, -0.25) is 0 Å². The molecule has 0 N–H and O–H groups in total. The van der Waals surface area contributed by atoms with E-state index in [9.17, 15) is 0 Å². The van der Waals surface area contributed by atoms with Gasteiger partial charge in [0.2, 0.25) is 0 Å². The predicted octanol–water partition coefficient (Wildman–Crippen LogP) is 18.2. The molecule has 310 valence electrons. The minimum Gasteiger partial charge on any atom is -0.310 e. The van der Waals surface area contributed by atoms with Gasteiger partial charge in [-0.1, -0.05) is 188 Å². The van der Waals surface area contributed by atoms with E-state index < -0.39 is 0 Å². The number of nitrogens with zero attached hydrogens (tertiary/aromatic N) is 2. The van der Waals surface area contributed by atoms with Gasteiger partial charge in [-0.25, -0.2) is 0 Å². The summed E-state index contributed by atoms with van der Waals surface area (Å²) in [7, 11) is 0. The Kier molecular flexibility index (Phi) is 9.89. The van der Waals surface area contributed by atoms with Crippen molar-refractivity contribution in [2.24, 2.45) is 0 Å². The zero-order chi connectivity index (χ0) is 43.8. The largest absolute Gasteiger partial charge is 0.310 e. The van der Waals surface area contributed by atoms with Crippen LogP contribution in [0.2, 0.25) is 0 Å². The Balaban J connectivity index is 1.17. The first kappa shape index (κ1) is 38.9. The molecule has 0 aliphatic heterocycles. The van der Waals surface area contributed by atoms with Crippen LogP contribution in [0.3, 0.4) is 0 Å². The first-order valence-corrected chi connectivity index (χ1v) is 22.7. The van der Waals surface area contributed by atoms with E-state index >= 15 is 0 Å². The van der Waals surface area contributed by atoms with E-state index in [-0.39, 0.29) is 0 Å². The Morgan fingerprint density at radius 2 is 0.621 bits per heavy atom. The molecule has 0 spiro atoms. The number of anilines is 6. The van der Waals surface area contributed by atoms with E-state index in [1.807, 2.05) is 0 Å². The Labute approximate surface area is 385 Å². The molecule has 2 heteroatoms. The number of para-hydroxylation sites is 3. The van der Waals surface area contributed by atoms with E-state index in [0.717, 1.165) is 34.1 Å². The molecule has 0 bridgehead atoms. The summed E-state index contributed by atoms with van der Waals surface area (Å²) in [5.41, 5.74) is 13.8. The van der Waals surface area contributed by atoms with Crippen LogP contribution in [-0.4, -0.2) is 0 Å². The first-order chi connectivity index (χ1) is 32.7. The molecule has 12 aromatic rings. The maximum Gasteiger partial charge on any atom is 0.0468 e. The van der Waals surface area contributed by atoms with Gasteiger partial charge in [0.25, 0.3) is 0 Å². The van der Waals surface area contributed by atoms with E-state index in [1.165, 1.54) is 76.5 Å². The number of benzene rings is 12. The predicted molar refractivity (Wildman–Crippen MR) is 282 cm³/mol. The van der Waals surface area contributed by atoms with Gasteiger partial charge < -0.3 is 9.80 Å². The summed E-state index contributed by atoms with van der Waals surface area (Å²) in [6.45, 7) is 0. The second kappa shape index (κ2) is 16.8. The van der Waals surface area contributed by atoms with Crippen molar-refractivity contribution in [3.8, 4) is 33.4 Å². The van der Waals surface area contributed by atoms with Crippen LogP contribution in [0.15, 0.2) is 267 Å². The lowest BCUT2D eigenvalue weighted by atomic mass is 9.84. The number of fused-ring (bicyclic) bond motifs is 4. The second-order valence-electron chi connectivity index (χ2n) is 16.9. The van der Waals surface area contributed by atoms with Crippen LogP contribution in [0.1, 0.15) is 0 Å². The molecular weight excluding hydrogens is 797 g/mol. The molecule has 2 nitrogen and oxygen atoms in total. The fraction of sp³-hybridized carbons (Fsp3) is 0. The van der Waals surface area contributed by atoms with Gasteiger partial charge in [0.1, 0.15) is 0 Å². The van der Waals surface area contributed by atoms with Gasteiger partial charge in [0.05, 0.1) is 0 Å². The van der Waals surface area contributed by atoms with Gasteiger partial charge in [-0.05, 0) is 155 Å². The van der Waals surface area contributed by atoms with Crippen molar-refractivity contribution in [1.29, 1.82) is 0 Å². The minimum absolute atomic E-state index is 1.09. The van der Waals surface area contributed by atoms with Crippen molar-refractivity contribution in [2.45, 2.75) is 0 Å².